The van der Waals surface area contributed by atoms with Gasteiger partial charge in [0.25, 0.3) is 0 Å². The number of nitrogens with one attached hydrogen (secondary N) is 1. The first-order valence-electron chi connectivity index (χ1n) is 6.83. The Morgan fingerprint density at radius 3 is 2.48 bits per heavy atom. The molecule has 0 spiro atoms. The minimum atomic E-state index is -0.822. The lowest BCUT2D eigenvalue weighted by Crippen LogP contribution is -2.18. The zero-order valence-corrected chi connectivity index (χ0v) is 12.4. The van der Waals surface area contributed by atoms with Gasteiger partial charge in [0.2, 0.25) is 0 Å². The largest absolute Gasteiger partial charge is 0.496 e. The molecule has 2 rings (SSSR count). The Labute approximate surface area is 123 Å². The minimum Gasteiger partial charge on any atom is -0.496 e. The van der Waals surface area contributed by atoms with Gasteiger partial charge in [-0.05, 0) is 48.7 Å². The van der Waals surface area contributed by atoms with Gasteiger partial charge in [0.1, 0.15) is 5.75 Å². The maximum Gasteiger partial charge on any atom is 0.159 e. The Morgan fingerprint density at radius 2 is 1.86 bits per heavy atom. The summed E-state index contributed by atoms with van der Waals surface area (Å²) >= 11 is 0. The number of halogens is 2. The van der Waals surface area contributed by atoms with Crippen molar-refractivity contribution in [1.82, 2.24) is 5.32 Å². The molecule has 0 aliphatic heterocycles. The third-order valence-electron chi connectivity index (χ3n) is 3.52. The van der Waals surface area contributed by atoms with E-state index in [1.165, 1.54) is 6.07 Å². The van der Waals surface area contributed by atoms with Crippen LogP contribution in [0.15, 0.2) is 36.4 Å². The van der Waals surface area contributed by atoms with Crippen LogP contribution >= 0.6 is 0 Å². The Balaban J connectivity index is 2.01. The average molecular weight is 291 g/mol. The second-order valence-corrected chi connectivity index (χ2v) is 5.08. The summed E-state index contributed by atoms with van der Waals surface area (Å²) < 4.78 is 31.4. The molecule has 1 N–H and O–H groups in total. The Kier molecular flexibility index (Phi) is 4.91. The molecule has 2 aromatic carbocycles. The normalized spacial score (nSPS) is 12.2. The lowest BCUT2D eigenvalue weighted by Gasteiger charge is -2.15. The van der Waals surface area contributed by atoms with Gasteiger partial charge in [0.15, 0.2) is 11.6 Å². The van der Waals surface area contributed by atoms with Crippen molar-refractivity contribution < 1.29 is 13.5 Å². The molecule has 0 radical (unpaired) electrons. The van der Waals surface area contributed by atoms with Crippen LogP contribution in [-0.2, 0) is 6.54 Å². The van der Waals surface area contributed by atoms with Gasteiger partial charge in [0.05, 0.1) is 7.11 Å². The molecule has 0 amide bonds. The van der Waals surface area contributed by atoms with E-state index in [-0.39, 0.29) is 6.04 Å². The van der Waals surface area contributed by atoms with E-state index in [9.17, 15) is 8.78 Å². The van der Waals surface area contributed by atoms with Crippen LogP contribution in [0, 0.1) is 18.6 Å². The van der Waals surface area contributed by atoms with Crippen molar-refractivity contribution in [2.75, 3.05) is 7.11 Å². The molecular formula is C17H19F2NO. The van der Waals surface area contributed by atoms with E-state index < -0.39 is 11.6 Å². The molecule has 112 valence electrons. The number of benzene rings is 2. The standard InChI is InChI=1S/C17H19F2NO/c1-11-8-13(4-7-17(11)21-3)10-20-12(2)14-5-6-15(18)16(19)9-14/h4-9,12,20H,10H2,1-3H3. The monoisotopic (exact) mass is 291 g/mol. The molecule has 2 aromatic rings. The van der Waals surface area contributed by atoms with Crippen molar-refractivity contribution in [3.05, 3.63) is 64.7 Å². The zero-order chi connectivity index (χ0) is 15.4. The van der Waals surface area contributed by atoms with Gasteiger partial charge in [-0.2, -0.15) is 0 Å². The first kappa shape index (κ1) is 15.4. The average Bonchev–Trinajstić information content (AvgIpc) is 2.47. The number of hydrogen-bond donors (Lipinski definition) is 1. The van der Waals surface area contributed by atoms with Crippen LogP contribution in [0.25, 0.3) is 0 Å². The van der Waals surface area contributed by atoms with Gasteiger partial charge in [-0.1, -0.05) is 18.2 Å². The fourth-order valence-corrected chi connectivity index (χ4v) is 2.22. The molecule has 0 fully saturated rings. The summed E-state index contributed by atoms with van der Waals surface area (Å²) in [4.78, 5) is 0. The molecule has 0 bridgehead atoms. The maximum atomic E-state index is 13.2. The number of hydrogen-bond acceptors (Lipinski definition) is 2. The Hall–Kier alpha value is -1.94. The van der Waals surface area contributed by atoms with E-state index in [1.807, 2.05) is 32.0 Å². The highest BCUT2D eigenvalue weighted by molar-refractivity contribution is 5.36. The van der Waals surface area contributed by atoms with Gasteiger partial charge in [-0.3, -0.25) is 0 Å². The second kappa shape index (κ2) is 6.68. The molecule has 21 heavy (non-hydrogen) atoms. The van der Waals surface area contributed by atoms with Crippen molar-refractivity contribution in [3.8, 4) is 5.75 Å². The predicted molar refractivity (Wildman–Crippen MR) is 79.3 cm³/mol. The first-order valence-corrected chi connectivity index (χ1v) is 6.83. The zero-order valence-electron chi connectivity index (χ0n) is 12.4. The number of ether oxygens (including phenoxy) is 1. The summed E-state index contributed by atoms with van der Waals surface area (Å²) in [5, 5.41) is 3.30. The topological polar surface area (TPSA) is 21.3 Å². The van der Waals surface area contributed by atoms with Crippen LogP contribution in [0.1, 0.15) is 29.7 Å². The third kappa shape index (κ3) is 3.79. The van der Waals surface area contributed by atoms with E-state index in [0.29, 0.717) is 6.54 Å². The van der Waals surface area contributed by atoms with E-state index in [1.54, 1.807) is 13.2 Å². The highest BCUT2D eigenvalue weighted by Gasteiger charge is 2.09. The molecule has 0 saturated heterocycles. The highest BCUT2D eigenvalue weighted by atomic mass is 19.2. The molecule has 0 aliphatic carbocycles. The molecule has 2 nitrogen and oxygen atoms in total. The Bertz CT molecular complexity index is 628. The van der Waals surface area contributed by atoms with Crippen LogP contribution in [0.4, 0.5) is 8.78 Å². The SMILES string of the molecule is COc1ccc(CNC(C)c2ccc(F)c(F)c2)cc1C. The maximum absolute atomic E-state index is 13.2. The first-order chi connectivity index (χ1) is 10.0. The molecule has 0 aromatic heterocycles. The summed E-state index contributed by atoms with van der Waals surface area (Å²) in [5.74, 6) is -0.787. The lowest BCUT2D eigenvalue weighted by molar-refractivity contribution is 0.411. The summed E-state index contributed by atoms with van der Waals surface area (Å²) in [7, 11) is 1.64. The summed E-state index contributed by atoms with van der Waals surface area (Å²) in [6.45, 7) is 4.55. The van der Waals surface area contributed by atoms with Crippen LogP contribution < -0.4 is 10.1 Å². The summed E-state index contributed by atoms with van der Waals surface area (Å²) in [5.41, 5.74) is 2.90. The fraction of sp³-hybridized carbons (Fsp3) is 0.294. The number of rotatable bonds is 5. The van der Waals surface area contributed by atoms with Gasteiger partial charge in [0, 0.05) is 12.6 Å². The van der Waals surface area contributed by atoms with Crippen molar-refractivity contribution in [3.63, 3.8) is 0 Å². The van der Waals surface area contributed by atoms with Crippen molar-refractivity contribution in [2.45, 2.75) is 26.4 Å². The van der Waals surface area contributed by atoms with Gasteiger partial charge in [-0.25, -0.2) is 8.78 Å². The van der Waals surface area contributed by atoms with E-state index >= 15 is 0 Å². The molecule has 0 heterocycles. The van der Waals surface area contributed by atoms with E-state index in [4.69, 9.17) is 4.74 Å². The minimum absolute atomic E-state index is 0.0671. The fourth-order valence-electron chi connectivity index (χ4n) is 2.22. The molecular weight excluding hydrogens is 272 g/mol. The smallest absolute Gasteiger partial charge is 0.159 e. The Morgan fingerprint density at radius 1 is 1.10 bits per heavy atom. The second-order valence-electron chi connectivity index (χ2n) is 5.08. The number of aryl methyl sites for hydroxylation is 1. The molecule has 0 aliphatic rings. The van der Waals surface area contributed by atoms with Crippen LogP contribution in [0.3, 0.4) is 0 Å². The molecule has 1 unspecified atom stereocenters. The van der Waals surface area contributed by atoms with Crippen molar-refractivity contribution in [1.29, 1.82) is 0 Å². The van der Waals surface area contributed by atoms with Gasteiger partial charge < -0.3 is 10.1 Å². The van der Waals surface area contributed by atoms with Crippen LogP contribution in [-0.4, -0.2) is 7.11 Å². The lowest BCUT2D eigenvalue weighted by atomic mass is 10.1. The summed E-state index contributed by atoms with van der Waals surface area (Å²) in [6, 6.07) is 9.86. The molecule has 1 atom stereocenters. The van der Waals surface area contributed by atoms with E-state index in [2.05, 4.69) is 5.32 Å². The third-order valence-corrected chi connectivity index (χ3v) is 3.52. The highest BCUT2D eigenvalue weighted by Crippen LogP contribution is 2.20. The van der Waals surface area contributed by atoms with Crippen molar-refractivity contribution in [2.24, 2.45) is 0 Å². The molecule has 0 saturated carbocycles. The predicted octanol–water partition coefficient (Wildman–Crippen LogP) is 4.13. The quantitative estimate of drug-likeness (QED) is 0.894. The van der Waals surface area contributed by atoms with Crippen LogP contribution in [0.2, 0.25) is 0 Å². The van der Waals surface area contributed by atoms with Gasteiger partial charge >= 0.3 is 0 Å². The van der Waals surface area contributed by atoms with Crippen molar-refractivity contribution >= 4 is 0 Å². The van der Waals surface area contributed by atoms with Gasteiger partial charge in [-0.15, -0.1) is 0 Å². The molecule has 4 heteroatoms. The summed E-state index contributed by atoms with van der Waals surface area (Å²) in [6.07, 6.45) is 0. The number of methoxy groups -OCH3 is 1. The van der Waals surface area contributed by atoms with E-state index in [0.717, 1.165) is 28.5 Å². The van der Waals surface area contributed by atoms with Crippen LogP contribution in [0.5, 0.6) is 5.75 Å².